The topological polar surface area (TPSA) is 118 Å². The number of nitrogens with zero attached hydrogens (tertiary/aromatic N) is 2. The van der Waals surface area contributed by atoms with Gasteiger partial charge in [-0.1, -0.05) is 30.3 Å². The van der Waals surface area contributed by atoms with E-state index in [1.54, 1.807) is 23.7 Å². The second-order valence-electron chi connectivity index (χ2n) is 6.58. The highest BCUT2D eigenvalue weighted by atomic mass is 32.1. The first-order valence-electron chi connectivity index (χ1n) is 9.53. The number of nitrogens with one attached hydrogen (secondary N) is 3. The Hall–Kier alpha value is -4.18. The molecule has 162 valence electrons. The smallest absolute Gasteiger partial charge is 0.287 e. The van der Waals surface area contributed by atoms with Crippen molar-refractivity contribution in [3.05, 3.63) is 82.4 Å². The van der Waals surface area contributed by atoms with Crippen LogP contribution in [0.25, 0.3) is 11.3 Å². The molecule has 0 spiro atoms. The third kappa shape index (κ3) is 4.93. The normalized spacial score (nSPS) is 10.4. The molecule has 4 aromatic rings. The van der Waals surface area contributed by atoms with E-state index in [9.17, 15) is 9.59 Å². The Kier molecular flexibility index (Phi) is 6.42. The molecule has 0 saturated heterocycles. The van der Waals surface area contributed by atoms with Crippen LogP contribution in [0.1, 0.15) is 26.5 Å². The van der Waals surface area contributed by atoms with E-state index in [0.717, 1.165) is 11.3 Å². The van der Waals surface area contributed by atoms with Crippen LogP contribution in [0.2, 0.25) is 0 Å². The van der Waals surface area contributed by atoms with E-state index < -0.39 is 11.8 Å². The zero-order chi connectivity index (χ0) is 22.3. The summed E-state index contributed by atoms with van der Waals surface area (Å²) in [4.78, 5) is 29.0. The minimum Gasteiger partial charge on any atom is -0.493 e. The fourth-order valence-electron chi connectivity index (χ4n) is 2.84. The average Bonchev–Trinajstić information content (AvgIpc) is 3.54. The van der Waals surface area contributed by atoms with Crippen molar-refractivity contribution in [1.82, 2.24) is 26.0 Å². The molecule has 0 bridgehead atoms. The van der Waals surface area contributed by atoms with Gasteiger partial charge in [-0.15, -0.1) is 11.3 Å². The molecule has 2 aromatic heterocycles. The quantitative estimate of drug-likeness (QED) is 0.373. The fraction of sp³-hybridized carbons (Fsp3) is 0.0909. The van der Waals surface area contributed by atoms with Crippen molar-refractivity contribution in [3.63, 3.8) is 0 Å². The molecule has 0 radical (unpaired) electrons. The van der Waals surface area contributed by atoms with Crippen molar-refractivity contribution in [1.29, 1.82) is 0 Å². The first kappa shape index (κ1) is 21.1. The van der Waals surface area contributed by atoms with Crippen molar-refractivity contribution in [3.8, 4) is 22.8 Å². The van der Waals surface area contributed by atoms with Crippen LogP contribution in [0.5, 0.6) is 11.5 Å². The number of hydrazine groups is 1. The predicted molar refractivity (Wildman–Crippen MR) is 118 cm³/mol. The van der Waals surface area contributed by atoms with Crippen molar-refractivity contribution in [2.75, 3.05) is 7.11 Å². The maximum Gasteiger partial charge on any atom is 0.287 e. The number of amides is 2. The molecule has 2 heterocycles. The zero-order valence-electron chi connectivity index (χ0n) is 17.0. The molecule has 0 atom stereocenters. The average molecular weight is 449 g/mol. The van der Waals surface area contributed by atoms with E-state index in [1.165, 1.54) is 24.5 Å². The van der Waals surface area contributed by atoms with Gasteiger partial charge in [-0.3, -0.25) is 25.5 Å². The zero-order valence-corrected chi connectivity index (χ0v) is 17.8. The molecule has 2 amide bonds. The molecule has 4 rings (SSSR count). The number of methoxy groups -OCH3 is 1. The molecule has 0 aliphatic heterocycles. The van der Waals surface area contributed by atoms with Gasteiger partial charge in [0.15, 0.2) is 11.5 Å². The number of aromatic nitrogens is 3. The number of hydrogen-bond acceptors (Lipinski definition) is 7. The van der Waals surface area contributed by atoms with Gasteiger partial charge in [-0.2, -0.15) is 5.10 Å². The number of carbonyl (C=O) groups excluding carboxylic acids is 2. The van der Waals surface area contributed by atoms with E-state index in [0.29, 0.717) is 17.2 Å². The minimum absolute atomic E-state index is 0.215. The van der Waals surface area contributed by atoms with E-state index in [2.05, 4.69) is 26.0 Å². The lowest BCUT2D eigenvalue weighted by molar-refractivity contribution is 0.0843. The highest BCUT2D eigenvalue weighted by Crippen LogP contribution is 2.28. The van der Waals surface area contributed by atoms with Crippen LogP contribution in [0.4, 0.5) is 0 Å². The highest BCUT2D eigenvalue weighted by Gasteiger charge is 2.15. The van der Waals surface area contributed by atoms with Gasteiger partial charge in [0, 0.05) is 16.5 Å². The van der Waals surface area contributed by atoms with Gasteiger partial charge in [0.25, 0.3) is 11.8 Å². The van der Waals surface area contributed by atoms with Crippen molar-refractivity contribution < 1.29 is 19.1 Å². The molecule has 3 N–H and O–H groups in total. The van der Waals surface area contributed by atoms with Crippen LogP contribution in [0, 0.1) is 0 Å². The first-order chi connectivity index (χ1) is 15.6. The summed E-state index contributed by atoms with van der Waals surface area (Å²) in [7, 11) is 1.48. The van der Waals surface area contributed by atoms with Crippen LogP contribution in [0.3, 0.4) is 0 Å². The lowest BCUT2D eigenvalue weighted by atomic mass is 10.1. The SMILES string of the molecule is COc1cc(C(=O)NNC(=O)c2cc(-c3ccccc3)n[nH]2)ccc1OCc1cscn1. The summed E-state index contributed by atoms with van der Waals surface area (Å²) in [6.07, 6.45) is 0. The van der Waals surface area contributed by atoms with E-state index >= 15 is 0 Å². The number of hydrogen-bond donors (Lipinski definition) is 3. The van der Waals surface area contributed by atoms with Crippen LogP contribution in [0.15, 0.2) is 65.5 Å². The molecule has 0 unspecified atom stereocenters. The number of aromatic amines is 1. The molecule has 2 aromatic carbocycles. The molecular weight excluding hydrogens is 430 g/mol. The standard InChI is InChI=1S/C22H19N5O4S/c1-30-20-9-15(7-8-19(20)31-11-16-12-32-13-23-16)21(28)26-27-22(29)18-10-17(24-25-18)14-5-3-2-4-6-14/h2-10,12-13H,11H2,1H3,(H,24,25)(H,26,28)(H,27,29). The Bertz CT molecular complexity index is 1210. The molecular formula is C22H19N5O4S. The maximum atomic E-state index is 12.5. The molecule has 0 aliphatic rings. The Labute approximate surface area is 187 Å². The third-order valence-electron chi connectivity index (χ3n) is 4.47. The number of thiazole rings is 1. The number of benzene rings is 2. The molecule has 9 nitrogen and oxygen atoms in total. The number of H-pyrrole nitrogens is 1. The van der Waals surface area contributed by atoms with Crippen molar-refractivity contribution in [2.24, 2.45) is 0 Å². The van der Waals surface area contributed by atoms with E-state index in [4.69, 9.17) is 9.47 Å². The fourth-order valence-corrected chi connectivity index (χ4v) is 3.38. The largest absolute Gasteiger partial charge is 0.493 e. The second kappa shape index (κ2) is 9.75. The minimum atomic E-state index is -0.525. The lowest BCUT2D eigenvalue weighted by Gasteiger charge is -2.12. The summed E-state index contributed by atoms with van der Waals surface area (Å²) in [5.41, 5.74) is 9.28. The van der Waals surface area contributed by atoms with Crippen LogP contribution in [-0.2, 0) is 6.61 Å². The Morgan fingerprint density at radius 3 is 2.59 bits per heavy atom. The maximum absolute atomic E-state index is 12.5. The van der Waals surface area contributed by atoms with Gasteiger partial charge in [0.1, 0.15) is 12.3 Å². The number of carbonyl (C=O) groups is 2. The summed E-state index contributed by atoms with van der Waals surface area (Å²) in [5.74, 6) is -0.166. The monoisotopic (exact) mass is 449 g/mol. The first-order valence-corrected chi connectivity index (χ1v) is 10.5. The molecule has 0 fully saturated rings. The molecule has 0 saturated carbocycles. The van der Waals surface area contributed by atoms with Crippen LogP contribution >= 0.6 is 11.3 Å². The molecule has 0 aliphatic carbocycles. The van der Waals surface area contributed by atoms with Gasteiger partial charge in [0.05, 0.1) is 24.0 Å². The summed E-state index contributed by atoms with van der Waals surface area (Å²) in [6.45, 7) is 0.288. The van der Waals surface area contributed by atoms with E-state index in [-0.39, 0.29) is 17.9 Å². The van der Waals surface area contributed by atoms with Crippen molar-refractivity contribution >= 4 is 23.2 Å². The Balaban J connectivity index is 1.36. The van der Waals surface area contributed by atoms with Crippen molar-refractivity contribution in [2.45, 2.75) is 6.61 Å². The summed E-state index contributed by atoms with van der Waals surface area (Å²) in [5, 5.41) is 8.68. The Morgan fingerprint density at radius 2 is 1.84 bits per heavy atom. The number of rotatable bonds is 7. The van der Waals surface area contributed by atoms with Gasteiger partial charge < -0.3 is 9.47 Å². The van der Waals surface area contributed by atoms with Gasteiger partial charge >= 0.3 is 0 Å². The predicted octanol–water partition coefficient (Wildman–Crippen LogP) is 3.20. The summed E-state index contributed by atoms with van der Waals surface area (Å²) >= 11 is 1.48. The van der Waals surface area contributed by atoms with E-state index in [1.807, 2.05) is 35.7 Å². The Morgan fingerprint density at radius 1 is 1.03 bits per heavy atom. The second-order valence-corrected chi connectivity index (χ2v) is 7.29. The van der Waals surface area contributed by atoms with Gasteiger partial charge in [-0.25, -0.2) is 4.98 Å². The van der Waals surface area contributed by atoms with Gasteiger partial charge in [0.2, 0.25) is 0 Å². The van der Waals surface area contributed by atoms with Crippen LogP contribution < -0.4 is 20.3 Å². The highest BCUT2D eigenvalue weighted by molar-refractivity contribution is 7.07. The third-order valence-corrected chi connectivity index (χ3v) is 5.10. The van der Waals surface area contributed by atoms with Gasteiger partial charge in [-0.05, 0) is 24.3 Å². The molecule has 32 heavy (non-hydrogen) atoms. The molecule has 10 heteroatoms. The summed E-state index contributed by atoms with van der Waals surface area (Å²) < 4.78 is 11.0. The number of ether oxygens (including phenoxy) is 2. The summed E-state index contributed by atoms with van der Waals surface area (Å²) in [6, 6.07) is 15.8. The lowest BCUT2D eigenvalue weighted by Crippen LogP contribution is -2.41. The van der Waals surface area contributed by atoms with Crippen LogP contribution in [-0.4, -0.2) is 34.1 Å².